The van der Waals surface area contributed by atoms with Crippen LogP contribution in [0, 0.1) is 5.92 Å². The van der Waals surface area contributed by atoms with Gasteiger partial charge >= 0.3 is 6.03 Å². The van der Waals surface area contributed by atoms with Gasteiger partial charge in [-0.25, -0.2) is 4.79 Å². The molecule has 5 heteroatoms. The summed E-state index contributed by atoms with van der Waals surface area (Å²) in [7, 11) is 2.18. The summed E-state index contributed by atoms with van der Waals surface area (Å²) in [6, 6.07) is 1.03. The highest BCUT2D eigenvalue weighted by atomic mass is 16.2. The lowest BCUT2D eigenvalue weighted by atomic mass is 10.0. The number of rotatable bonds is 5. The highest BCUT2D eigenvalue weighted by molar-refractivity contribution is 5.76. The molecule has 2 heterocycles. The Morgan fingerprint density at radius 1 is 1.42 bits per heavy atom. The summed E-state index contributed by atoms with van der Waals surface area (Å²) in [4.78, 5) is 16.3. The minimum atomic E-state index is 0.122. The lowest BCUT2D eigenvalue weighted by molar-refractivity contribution is 0.171. The molecule has 2 saturated heterocycles. The van der Waals surface area contributed by atoms with Crippen LogP contribution in [0.1, 0.15) is 26.7 Å². The SMILES string of the molecule is CC(C)CC1CN(CCC2CNCCN2C)C(=O)N1. The number of piperazine rings is 1. The minimum Gasteiger partial charge on any atom is -0.333 e. The van der Waals surface area contributed by atoms with Gasteiger partial charge in [-0.15, -0.1) is 0 Å². The van der Waals surface area contributed by atoms with Gasteiger partial charge in [0, 0.05) is 44.8 Å². The van der Waals surface area contributed by atoms with Crippen molar-refractivity contribution in [3.05, 3.63) is 0 Å². The number of likely N-dealkylation sites (N-methyl/N-ethyl adjacent to an activating group) is 1. The van der Waals surface area contributed by atoms with Crippen LogP contribution in [0.15, 0.2) is 0 Å². The molecule has 2 rings (SSSR count). The molecule has 2 aliphatic rings. The van der Waals surface area contributed by atoms with E-state index in [1.165, 1.54) is 0 Å². The predicted octanol–water partition coefficient (Wildman–Crippen LogP) is 0.720. The molecule has 110 valence electrons. The molecule has 2 amide bonds. The fourth-order valence-electron chi connectivity index (χ4n) is 3.05. The molecule has 2 atom stereocenters. The van der Waals surface area contributed by atoms with Crippen molar-refractivity contribution in [3.63, 3.8) is 0 Å². The zero-order valence-electron chi connectivity index (χ0n) is 12.5. The Kier molecular flexibility index (Phi) is 5.05. The zero-order valence-corrected chi connectivity index (χ0v) is 12.5. The third kappa shape index (κ3) is 4.08. The predicted molar refractivity (Wildman–Crippen MR) is 77.3 cm³/mol. The summed E-state index contributed by atoms with van der Waals surface area (Å²) in [6.07, 6.45) is 2.14. The molecule has 0 aromatic heterocycles. The number of nitrogens with zero attached hydrogens (tertiary/aromatic N) is 2. The fourth-order valence-corrected chi connectivity index (χ4v) is 3.05. The second-order valence-corrected chi connectivity index (χ2v) is 6.35. The lowest BCUT2D eigenvalue weighted by Gasteiger charge is -2.34. The fraction of sp³-hybridized carbons (Fsp3) is 0.929. The first-order valence-electron chi connectivity index (χ1n) is 7.52. The van der Waals surface area contributed by atoms with Crippen molar-refractivity contribution >= 4 is 6.03 Å². The summed E-state index contributed by atoms with van der Waals surface area (Å²) >= 11 is 0. The normalized spacial score (nSPS) is 29.1. The Morgan fingerprint density at radius 3 is 2.89 bits per heavy atom. The molecule has 0 aromatic carbocycles. The van der Waals surface area contributed by atoms with E-state index in [2.05, 4.69) is 36.4 Å². The van der Waals surface area contributed by atoms with Crippen molar-refractivity contribution in [1.29, 1.82) is 0 Å². The van der Waals surface area contributed by atoms with Gasteiger partial charge in [-0.05, 0) is 25.8 Å². The van der Waals surface area contributed by atoms with Crippen molar-refractivity contribution < 1.29 is 4.79 Å². The molecule has 0 bridgehead atoms. The van der Waals surface area contributed by atoms with Crippen molar-refractivity contribution in [3.8, 4) is 0 Å². The molecule has 0 aliphatic carbocycles. The van der Waals surface area contributed by atoms with E-state index in [0.29, 0.717) is 18.0 Å². The molecule has 0 saturated carbocycles. The largest absolute Gasteiger partial charge is 0.333 e. The average Bonchev–Trinajstić information content (AvgIpc) is 2.67. The monoisotopic (exact) mass is 268 g/mol. The van der Waals surface area contributed by atoms with Crippen molar-refractivity contribution in [2.45, 2.75) is 38.8 Å². The van der Waals surface area contributed by atoms with Crippen LogP contribution in [-0.2, 0) is 0 Å². The van der Waals surface area contributed by atoms with Crippen LogP contribution in [0.25, 0.3) is 0 Å². The van der Waals surface area contributed by atoms with Gasteiger partial charge in [0.05, 0.1) is 0 Å². The summed E-state index contributed by atoms with van der Waals surface area (Å²) < 4.78 is 0. The third-order valence-corrected chi connectivity index (χ3v) is 4.19. The van der Waals surface area contributed by atoms with Gasteiger partial charge in [0.1, 0.15) is 0 Å². The van der Waals surface area contributed by atoms with Gasteiger partial charge in [-0.2, -0.15) is 0 Å². The van der Waals surface area contributed by atoms with Crippen LogP contribution in [0.5, 0.6) is 0 Å². The Labute approximate surface area is 116 Å². The summed E-state index contributed by atoms with van der Waals surface area (Å²) in [5, 5.41) is 6.52. The topological polar surface area (TPSA) is 47.6 Å². The summed E-state index contributed by atoms with van der Waals surface area (Å²) in [5.41, 5.74) is 0. The van der Waals surface area contributed by atoms with Crippen molar-refractivity contribution in [2.24, 2.45) is 5.92 Å². The first-order chi connectivity index (χ1) is 9.06. The molecular formula is C14H28N4O. The molecular weight excluding hydrogens is 240 g/mol. The highest BCUT2D eigenvalue weighted by Gasteiger charge is 2.29. The van der Waals surface area contributed by atoms with E-state index in [1.807, 2.05) is 4.90 Å². The van der Waals surface area contributed by atoms with Crippen LogP contribution in [-0.4, -0.2) is 67.7 Å². The van der Waals surface area contributed by atoms with Crippen LogP contribution in [0.3, 0.4) is 0 Å². The molecule has 5 nitrogen and oxygen atoms in total. The second-order valence-electron chi connectivity index (χ2n) is 6.35. The Bertz CT molecular complexity index is 308. The smallest absolute Gasteiger partial charge is 0.317 e. The van der Waals surface area contributed by atoms with Crippen LogP contribution in [0.4, 0.5) is 4.79 Å². The maximum absolute atomic E-state index is 11.9. The number of carbonyl (C=O) groups is 1. The van der Waals surface area contributed by atoms with E-state index < -0.39 is 0 Å². The number of nitrogens with one attached hydrogen (secondary N) is 2. The number of amides is 2. The quantitative estimate of drug-likeness (QED) is 0.772. The number of carbonyl (C=O) groups excluding carboxylic acids is 1. The second kappa shape index (κ2) is 6.57. The standard InChI is InChI=1S/C14H28N4O/c1-11(2)8-12-10-18(14(19)16-12)6-4-13-9-15-5-7-17(13)3/h11-13,15H,4-10H2,1-3H3,(H,16,19). The van der Waals surface area contributed by atoms with E-state index in [4.69, 9.17) is 0 Å². The first kappa shape index (κ1) is 14.6. The molecule has 2 unspecified atom stereocenters. The first-order valence-corrected chi connectivity index (χ1v) is 7.52. The lowest BCUT2D eigenvalue weighted by Crippen LogP contribution is -2.50. The molecule has 0 radical (unpaired) electrons. The van der Waals surface area contributed by atoms with Crippen molar-refractivity contribution in [2.75, 3.05) is 39.8 Å². The van der Waals surface area contributed by atoms with Crippen LogP contribution in [0.2, 0.25) is 0 Å². The molecule has 0 spiro atoms. The number of hydrogen-bond donors (Lipinski definition) is 2. The average molecular weight is 268 g/mol. The van der Waals surface area contributed by atoms with Gasteiger partial charge in [0.15, 0.2) is 0 Å². The number of urea groups is 1. The van der Waals surface area contributed by atoms with Crippen LogP contribution < -0.4 is 10.6 Å². The Morgan fingerprint density at radius 2 is 2.21 bits per heavy atom. The van der Waals surface area contributed by atoms with E-state index in [1.54, 1.807) is 0 Å². The molecule has 2 aliphatic heterocycles. The maximum atomic E-state index is 11.9. The maximum Gasteiger partial charge on any atom is 0.317 e. The van der Waals surface area contributed by atoms with E-state index in [0.717, 1.165) is 45.6 Å². The zero-order chi connectivity index (χ0) is 13.8. The Balaban J connectivity index is 1.75. The van der Waals surface area contributed by atoms with Gasteiger partial charge in [0.25, 0.3) is 0 Å². The minimum absolute atomic E-state index is 0.122. The third-order valence-electron chi connectivity index (χ3n) is 4.19. The molecule has 19 heavy (non-hydrogen) atoms. The van der Waals surface area contributed by atoms with Gasteiger partial charge < -0.3 is 20.4 Å². The van der Waals surface area contributed by atoms with Gasteiger partial charge in [-0.3, -0.25) is 0 Å². The molecule has 0 aromatic rings. The van der Waals surface area contributed by atoms with E-state index in [9.17, 15) is 4.79 Å². The summed E-state index contributed by atoms with van der Waals surface area (Å²) in [6.45, 7) is 9.38. The van der Waals surface area contributed by atoms with Crippen molar-refractivity contribution in [1.82, 2.24) is 20.4 Å². The van der Waals surface area contributed by atoms with E-state index in [-0.39, 0.29) is 6.03 Å². The van der Waals surface area contributed by atoms with Gasteiger partial charge in [-0.1, -0.05) is 13.8 Å². The summed E-state index contributed by atoms with van der Waals surface area (Å²) in [5.74, 6) is 0.638. The number of hydrogen-bond acceptors (Lipinski definition) is 3. The molecule has 2 N–H and O–H groups in total. The van der Waals surface area contributed by atoms with E-state index >= 15 is 0 Å². The van der Waals surface area contributed by atoms with Crippen LogP contribution >= 0.6 is 0 Å². The highest BCUT2D eigenvalue weighted by Crippen LogP contribution is 2.14. The molecule has 2 fully saturated rings. The Hall–Kier alpha value is -0.810. The van der Waals surface area contributed by atoms with Gasteiger partial charge in [0.2, 0.25) is 0 Å².